The quantitative estimate of drug-likeness (QED) is 0.137. The molecule has 5 heterocycles. The minimum atomic E-state index is 0.579. The van der Waals surface area contributed by atoms with Gasteiger partial charge >= 0.3 is 0 Å². The summed E-state index contributed by atoms with van der Waals surface area (Å²) >= 11 is 0. The molecule has 0 atom stereocenters. The Morgan fingerprint density at radius 2 is 0.468 bits per heavy atom. The summed E-state index contributed by atoms with van der Waals surface area (Å²) in [6, 6.07) is 123. The van der Waals surface area contributed by atoms with Gasteiger partial charge in [0.2, 0.25) is 5.95 Å². The van der Waals surface area contributed by atoms with Gasteiger partial charge in [-0.25, -0.2) is 4.98 Å². The van der Waals surface area contributed by atoms with Crippen molar-refractivity contribution in [2.75, 3.05) is 0 Å². The van der Waals surface area contributed by atoms with Crippen LogP contribution in [0.3, 0.4) is 0 Å². The highest BCUT2D eigenvalue weighted by molar-refractivity contribution is 6.15. The molecule has 0 aliphatic heterocycles. The zero-order chi connectivity index (χ0) is 61.8. The first-order valence-electron chi connectivity index (χ1n) is 32.1. The molecule has 0 saturated carbocycles. The average molecular weight is 1200 g/mol. The second-order valence-corrected chi connectivity index (χ2v) is 24.5. The monoisotopic (exact) mass is 1200 g/mol. The molecule has 0 N–H and O–H groups in total. The van der Waals surface area contributed by atoms with Gasteiger partial charge in [0.05, 0.1) is 49.8 Å². The van der Waals surface area contributed by atoms with Crippen LogP contribution < -0.4 is 0 Å². The molecule has 0 amide bonds. The van der Waals surface area contributed by atoms with Gasteiger partial charge in [0.1, 0.15) is 5.82 Å². The minimum absolute atomic E-state index is 0.579. The van der Waals surface area contributed by atoms with Gasteiger partial charge in [0.25, 0.3) is 0 Å². The molecule has 6 heteroatoms. The Balaban J connectivity index is 0.800. The van der Waals surface area contributed by atoms with Gasteiger partial charge in [0, 0.05) is 66.1 Å². The van der Waals surface area contributed by atoms with Crippen LogP contribution in [-0.2, 0) is 0 Å². The van der Waals surface area contributed by atoms with E-state index in [1.54, 1.807) is 0 Å². The first-order valence-corrected chi connectivity index (χ1v) is 32.1. The topological polar surface area (TPSA) is 45.5 Å². The number of benzene rings is 14. The summed E-state index contributed by atoms with van der Waals surface area (Å²) in [4.78, 5) is 11.5. The number of fused-ring (bicyclic) bond motifs is 12. The van der Waals surface area contributed by atoms with Crippen LogP contribution in [0.5, 0.6) is 0 Å². The van der Waals surface area contributed by atoms with Crippen molar-refractivity contribution < 1.29 is 0 Å². The highest BCUT2D eigenvalue weighted by Gasteiger charge is 2.23. The van der Waals surface area contributed by atoms with Crippen LogP contribution in [0.1, 0.15) is 0 Å². The van der Waals surface area contributed by atoms with Gasteiger partial charge in [-0.1, -0.05) is 212 Å². The molecule has 0 aliphatic carbocycles. The maximum atomic E-state index is 5.77. The highest BCUT2D eigenvalue weighted by Crippen LogP contribution is 2.43. The smallest absolute Gasteiger partial charge is 0.237 e. The van der Waals surface area contributed by atoms with Crippen molar-refractivity contribution in [1.82, 2.24) is 28.2 Å². The van der Waals surface area contributed by atoms with Crippen LogP contribution in [0, 0.1) is 0 Å². The minimum Gasteiger partial charge on any atom is -0.309 e. The van der Waals surface area contributed by atoms with E-state index >= 15 is 0 Å². The van der Waals surface area contributed by atoms with Crippen LogP contribution in [0.2, 0.25) is 0 Å². The van der Waals surface area contributed by atoms with Crippen LogP contribution >= 0.6 is 0 Å². The van der Waals surface area contributed by atoms with E-state index in [9.17, 15) is 0 Å². The molecule has 19 rings (SSSR count). The molecule has 6 nitrogen and oxygen atoms in total. The van der Waals surface area contributed by atoms with E-state index in [-0.39, 0.29) is 0 Å². The predicted molar refractivity (Wildman–Crippen MR) is 392 cm³/mol. The lowest BCUT2D eigenvalue weighted by Gasteiger charge is -2.15. The molecule has 0 fully saturated rings. The van der Waals surface area contributed by atoms with Crippen molar-refractivity contribution in [2.24, 2.45) is 0 Å². The Kier molecular flexibility index (Phi) is 12.2. The number of rotatable bonds is 10. The highest BCUT2D eigenvalue weighted by atomic mass is 15.2. The summed E-state index contributed by atoms with van der Waals surface area (Å²) in [6.07, 6.45) is 0. The normalized spacial score (nSPS) is 11.8. The fraction of sp³-hybridized carbons (Fsp3) is 0. The summed E-state index contributed by atoms with van der Waals surface area (Å²) in [5, 5.41) is 9.42. The standard InChI is InChI=1S/C88H56N6/c1-5-22-57(23-6-1)65-49-66(58-24-7-2-8-25-58)51-67(50-65)59-26-21-27-64(48-59)78-56-87(93-81-38-19-15-34-72(81)76-54-62(42-46-85(76)93)60-40-44-83-74(52-60)70-32-13-17-36-79(70)91(83)68-28-9-3-10-29-68)90-88(89-78)94-82-39-20-16-35-73(82)77-55-63(43-47-86(77)94)61-41-45-84-75(53-61)71-33-14-18-37-80(71)92(84)69-30-11-4-12-31-69/h1-56H. The molecule has 0 unspecified atom stereocenters. The fourth-order valence-corrected chi connectivity index (χ4v) is 14.8. The maximum absolute atomic E-state index is 5.77. The molecular formula is C88H56N6. The van der Waals surface area contributed by atoms with Gasteiger partial charge < -0.3 is 9.13 Å². The molecule has 0 aliphatic rings. The van der Waals surface area contributed by atoms with Gasteiger partial charge in [0.15, 0.2) is 0 Å². The lowest BCUT2D eigenvalue weighted by Crippen LogP contribution is -2.07. The molecule has 0 spiro atoms. The lowest BCUT2D eigenvalue weighted by molar-refractivity contribution is 0.952. The van der Waals surface area contributed by atoms with Crippen molar-refractivity contribution in [3.05, 3.63) is 340 Å². The van der Waals surface area contributed by atoms with E-state index in [0.717, 1.165) is 117 Å². The van der Waals surface area contributed by atoms with E-state index in [4.69, 9.17) is 9.97 Å². The van der Waals surface area contributed by atoms with Crippen molar-refractivity contribution in [3.63, 3.8) is 0 Å². The second kappa shape index (κ2) is 21.5. The summed E-state index contributed by atoms with van der Waals surface area (Å²) in [5.41, 5.74) is 24.4. The zero-order valence-electron chi connectivity index (χ0n) is 51.0. The molecule has 5 aromatic heterocycles. The molecule has 19 aromatic rings. The number of nitrogens with zero attached hydrogens (tertiary/aromatic N) is 6. The first-order chi connectivity index (χ1) is 46.6. The largest absolute Gasteiger partial charge is 0.309 e. The van der Waals surface area contributed by atoms with E-state index in [0.29, 0.717) is 5.95 Å². The Morgan fingerprint density at radius 3 is 0.904 bits per heavy atom. The third kappa shape index (κ3) is 8.65. The number of hydrogen-bond acceptors (Lipinski definition) is 2. The molecule has 14 aromatic carbocycles. The van der Waals surface area contributed by atoms with E-state index < -0.39 is 0 Å². The zero-order valence-corrected chi connectivity index (χ0v) is 51.0. The molecule has 0 bridgehead atoms. The molecular weight excluding hydrogens is 1140 g/mol. The third-order valence-corrected chi connectivity index (χ3v) is 19.2. The van der Waals surface area contributed by atoms with Crippen LogP contribution in [0.15, 0.2) is 340 Å². The van der Waals surface area contributed by atoms with E-state index in [1.165, 1.54) is 54.7 Å². The summed E-state index contributed by atoms with van der Waals surface area (Å²) in [6.45, 7) is 0. The second-order valence-electron chi connectivity index (χ2n) is 24.5. The Morgan fingerprint density at radius 1 is 0.170 bits per heavy atom. The molecule has 0 radical (unpaired) electrons. The first kappa shape index (κ1) is 53.2. The number of para-hydroxylation sites is 6. The van der Waals surface area contributed by atoms with Crippen molar-refractivity contribution >= 4 is 87.2 Å². The summed E-state index contributed by atoms with van der Waals surface area (Å²) in [7, 11) is 0. The molecule has 0 saturated heterocycles. The lowest BCUT2D eigenvalue weighted by atomic mass is 9.92. The SMILES string of the molecule is c1ccc(-c2cc(-c3ccccc3)cc(-c3cccc(-c4cc(-n5c6ccccc6c6cc(-c7ccc8c(c7)c7ccccc7n8-c7ccccc7)ccc65)nc(-n5c6ccccc6c6cc(-c7ccc8c(c7)c7ccccc7n8-c7ccccc7)ccc65)n4)c3)c2)cc1. The van der Waals surface area contributed by atoms with Crippen molar-refractivity contribution in [1.29, 1.82) is 0 Å². The van der Waals surface area contributed by atoms with Crippen LogP contribution in [0.25, 0.3) is 177 Å². The fourth-order valence-electron chi connectivity index (χ4n) is 14.8. The van der Waals surface area contributed by atoms with E-state index in [1.807, 2.05) is 0 Å². The van der Waals surface area contributed by atoms with Crippen molar-refractivity contribution in [3.8, 4) is 90.0 Å². The summed E-state index contributed by atoms with van der Waals surface area (Å²) in [5.74, 6) is 1.34. The predicted octanol–water partition coefficient (Wildman–Crippen LogP) is 22.9. The van der Waals surface area contributed by atoms with Gasteiger partial charge in [-0.15, -0.1) is 0 Å². The third-order valence-electron chi connectivity index (χ3n) is 19.2. The van der Waals surface area contributed by atoms with Crippen LogP contribution in [-0.4, -0.2) is 28.2 Å². The van der Waals surface area contributed by atoms with Gasteiger partial charge in [-0.05, 0) is 177 Å². The van der Waals surface area contributed by atoms with E-state index in [2.05, 4.69) is 358 Å². The Bertz CT molecular complexity index is 5860. The Labute approximate surface area is 542 Å². The van der Waals surface area contributed by atoms with Crippen molar-refractivity contribution in [2.45, 2.75) is 0 Å². The average Bonchev–Trinajstić information content (AvgIpc) is 1.59. The number of hydrogen-bond donors (Lipinski definition) is 0. The van der Waals surface area contributed by atoms with Crippen LogP contribution in [0.4, 0.5) is 0 Å². The van der Waals surface area contributed by atoms with Gasteiger partial charge in [-0.3, -0.25) is 9.13 Å². The Hall–Kier alpha value is -12.6. The molecule has 438 valence electrons. The molecule has 94 heavy (non-hydrogen) atoms. The summed E-state index contributed by atoms with van der Waals surface area (Å²) < 4.78 is 9.37. The number of aromatic nitrogens is 6. The van der Waals surface area contributed by atoms with Gasteiger partial charge in [-0.2, -0.15) is 4.98 Å². The maximum Gasteiger partial charge on any atom is 0.237 e.